The Labute approximate surface area is 185 Å². The van der Waals surface area contributed by atoms with Gasteiger partial charge in [0.15, 0.2) is 0 Å². The summed E-state index contributed by atoms with van der Waals surface area (Å²) in [4.78, 5) is 4.04. The number of aryl methyl sites for hydroxylation is 1. The van der Waals surface area contributed by atoms with Gasteiger partial charge < -0.3 is 9.09 Å². The number of hydrogen-bond donors (Lipinski definition) is 0. The zero-order valence-corrected chi connectivity index (χ0v) is 17.9. The molecule has 162 valence electrons. The SMILES string of the molecule is CCCn1ccc2c(-c3noc(-c4cc(-c5ccccc5)c(C(F)(F)F)s4)n3)cccc21. The summed E-state index contributed by atoms with van der Waals surface area (Å²) < 4.78 is 48.7. The van der Waals surface area contributed by atoms with Crippen LogP contribution in [0, 0.1) is 0 Å². The van der Waals surface area contributed by atoms with Crippen molar-refractivity contribution < 1.29 is 17.7 Å². The van der Waals surface area contributed by atoms with Crippen LogP contribution < -0.4 is 0 Å². The average Bonchev–Trinajstić information content (AvgIpc) is 3.52. The van der Waals surface area contributed by atoms with E-state index in [1.807, 2.05) is 30.5 Å². The zero-order valence-electron chi connectivity index (χ0n) is 17.1. The Balaban J connectivity index is 1.58. The van der Waals surface area contributed by atoms with Crippen LogP contribution in [0.4, 0.5) is 13.2 Å². The molecule has 0 aliphatic rings. The number of aromatic nitrogens is 3. The Bertz CT molecular complexity index is 1380. The topological polar surface area (TPSA) is 43.9 Å². The minimum atomic E-state index is -4.48. The normalized spacial score (nSPS) is 12.0. The molecule has 0 N–H and O–H groups in total. The third kappa shape index (κ3) is 3.60. The van der Waals surface area contributed by atoms with Gasteiger partial charge in [0.1, 0.15) is 4.88 Å². The Morgan fingerprint density at radius 3 is 2.56 bits per heavy atom. The van der Waals surface area contributed by atoms with Crippen LogP contribution >= 0.6 is 11.3 Å². The number of benzene rings is 2. The van der Waals surface area contributed by atoms with Gasteiger partial charge in [-0.2, -0.15) is 18.2 Å². The van der Waals surface area contributed by atoms with E-state index >= 15 is 0 Å². The van der Waals surface area contributed by atoms with Crippen molar-refractivity contribution in [2.45, 2.75) is 26.1 Å². The van der Waals surface area contributed by atoms with Crippen molar-refractivity contribution in [3.05, 3.63) is 71.7 Å². The van der Waals surface area contributed by atoms with E-state index in [0.29, 0.717) is 22.7 Å². The van der Waals surface area contributed by atoms with E-state index in [0.717, 1.165) is 29.4 Å². The molecule has 0 unspecified atom stereocenters. The van der Waals surface area contributed by atoms with Crippen molar-refractivity contribution >= 4 is 22.2 Å². The number of rotatable bonds is 5. The second kappa shape index (κ2) is 7.94. The molecule has 0 aliphatic heterocycles. The van der Waals surface area contributed by atoms with E-state index in [2.05, 4.69) is 21.6 Å². The predicted molar refractivity (Wildman–Crippen MR) is 119 cm³/mol. The lowest BCUT2D eigenvalue weighted by atomic mass is 10.1. The molecule has 2 aromatic carbocycles. The summed E-state index contributed by atoms with van der Waals surface area (Å²) in [6, 6.07) is 17.8. The smallest absolute Gasteiger partial charge is 0.347 e. The molecule has 3 heterocycles. The van der Waals surface area contributed by atoms with Gasteiger partial charge in [-0.25, -0.2) is 0 Å². The Hall–Kier alpha value is -3.39. The molecule has 0 spiro atoms. The van der Waals surface area contributed by atoms with Crippen LogP contribution in [-0.4, -0.2) is 14.7 Å². The van der Waals surface area contributed by atoms with Gasteiger partial charge in [-0.15, -0.1) is 11.3 Å². The number of hydrogen-bond acceptors (Lipinski definition) is 4. The van der Waals surface area contributed by atoms with Gasteiger partial charge in [0, 0.05) is 34.8 Å². The summed E-state index contributed by atoms with van der Waals surface area (Å²) in [5.74, 6) is 0.422. The molecule has 0 aliphatic carbocycles. The highest BCUT2D eigenvalue weighted by atomic mass is 32.1. The molecule has 0 fully saturated rings. The fourth-order valence-electron chi connectivity index (χ4n) is 3.83. The van der Waals surface area contributed by atoms with Crippen molar-refractivity contribution in [2.75, 3.05) is 0 Å². The van der Waals surface area contributed by atoms with Crippen LogP contribution in [0.1, 0.15) is 18.2 Å². The zero-order chi connectivity index (χ0) is 22.3. The lowest BCUT2D eigenvalue weighted by molar-refractivity contribution is -0.133. The van der Waals surface area contributed by atoms with Crippen LogP contribution in [-0.2, 0) is 12.7 Å². The Kier molecular flexibility index (Phi) is 5.09. The lowest BCUT2D eigenvalue weighted by Crippen LogP contribution is -2.03. The third-order valence-corrected chi connectivity index (χ3v) is 6.40. The van der Waals surface area contributed by atoms with Gasteiger partial charge in [0.05, 0.1) is 4.88 Å². The van der Waals surface area contributed by atoms with Gasteiger partial charge in [-0.05, 0) is 30.2 Å². The molecule has 0 saturated carbocycles. The minimum absolute atomic E-state index is 0.0719. The fraction of sp³-hybridized carbons (Fsp3) is 0.167. The van der Waals surface area contributed by atoms with Crippen LogP contribution in [0.25, 0.3) is 44.2 Å². The van der Waals surface area contributed by atoms with Crippen LogP contribution in [0.2, 0.25) is 0 Å². The summed E-state index contributed by atoms with van der Waals surface area (Å²) in [6.45, 7) is 3.00. The quantitative estimate of drug-likeness (QED) is 0.276. The van der Waals surface area contributed by atoms with E-state index in [4.69, 9.17) is 4.52 Å². The molecule has 8 heteroatoms. The maximum absolute atomic E-state index is 13.7. The standard InChI is InChI=1S/C24H18F3N3OS/c1-2-12-30-13-11-16-17(9-6-10-19(16)30)22-28-23(31-29-22)20-14-18(15-7-4-3-5-8-15)21(32-20)24(25,26)27/h3-11,13-14H,2,12H2,1H3. The molecule has 5 rings (SSSR count). The molecule has 32 heavy (non-hydrogen) atoms. The van der Waals surface area contributed by atoms with Gasteiger partial charge >= 0.3 is 6.18 Å². The van der Waals surface area contributed by atoms with E-state index in [9.17, 15) is 13.2 Å². The summed E-state index contributed by atoms with van der Waals surface area (Å²) in [5, 5.41) is 5.04. The molecule has 0 bridgehead atoms. The number of alkyl halides is 3. The predicted octanol–water partition coefficient (Wildman–Crippen LogP) is 7.52. The maximum Gasteiger partial charge on any atom is 0.426 e. The maximum atomic E-state index is 13.7. The van der Waals surface area contributed by atoms with Crippen LogP contribution in [0.15, 0.2) is 71.4 Å². The first-order valence-electron chi connectivity index (χ1n) is 10.1. The first-order chi connectivity index (χ1) is 15.5. The lowest BCUT2D eigenvalue weighted by Gasteiger charge is -2.07. The summed E-state index contributed by atoms with van der Waals surface area (Å²) in [6.07, 6.45) is -1.46. The molecular formula is C24H18F3N3OS. The first-order valence-corrected chi connectivity index (χ1v) is 11.0. The highest BCUT2D eigenvalue weighted by Crippen LogP contribution is 2.45. The molecule has 5 aromatic rings. The molecule has 3 aromatic heterocycles. The number of fused-ring (bicyclic) bond motifs is 1. The minimum Gasteiger partial charge on any atom is -0.347 e. The van der Waals surface area contributed by atoms with Gasteiger partial charge in [0.2, 0.25) is 5.82 Å². The second-order valence-corrected chi connectivity index (χ2v) is 8.44. The number of halogens is 3. The molecule has 0 atom stereocenters. The highest BCUT2D eigenvalue weighted by molar-refractivity contribution is 7.16. The van der Waals surface area contributed by atoms with E-state index in [-0.39, 0.29) is 16.3 Å². The van der Waals surface area contributed by atoms with E-state index < -0.39 is 11.1 Å². The first kappa shape index (κ1) is 20.5. The van der Waals surface area contributed by atoms with Crippen molar-refractivity contribution in [3.63, 3.8) is 0 Å². The van der Waals surface area contributed by atoms with E-state index in [1.54, 1.807) is 30.3 Å². The van der Waals surface area contributed by atoms with Crippen molar-refractivity contribution in [2.24, 2.45) is 0 Å². The van der Waals surface area contributed by atoms with Crippen molar-refractivity contribution in [3.8, 4) is 33.3 Å². The Morgan fingerprint density at radius 1 is 1.00 bits per heavy atom. The largest absolute Gasteiger partial charge is 0.426 e. The van der Waals surface area contributed by atoms with Gasteiger partial charge in [-0.3, -0.25) is 0 Å². The number of nitrogens with zero attached hydrogens (tertiary/aromatic N) is 3. The number of thiophene rings is 1. The van der Waals surface area contributed by atoms with Crippen molar-refractivity contribution in [1.29, 1.82) is 0 Å². The summed E-state index contributed by atoms with van der Waals surface area (Å²) in [7, 11) is 0. The monoisotopic (exact) mass is 453 g/mol. The third-order valence-electron chi connectivity index (χ3n) is 5.23. The molecule has 0 radical (unpaired) electrons. The van der Waals surface area contributed by atoms with Gasteiger partial charge in [0.25, 0.3) is 5.89 Å². The fourth-order valence-corrected chi connectivity index (χ4v) is 4.80. The molecule has 4 nitrogen and oxygen atoms in total. The van der Waals surface area contributed by atoms with E-state index in [1.165, 1.54) is 6.07 Å². The highest BCUT2D eigenvalue weighted by Gasteiger charge is 2.37. The van der Waals surface area contributed by atoms with Crippen LogP contribution in [0.3, 0.4) is 0 Å². The average molecular weight is 453 g/mol. The molecule has 0 amide bonds. The van der Waals surface area contributed by atoms with Crippen molar-refractivity contribution in [1.82, 2.24) is 14.7 Å². The second-order valence-electron chi connectivity index (χ2n) is 7.39. The molecule has 0 saturated heterocycles. The van der Waals surface area contributed by atoms with Crippen LogP contribution in [0.5, 0.6) is 0 Å². The molecular weight excluding hydrogens is 435 g/mol. The summed E-state index contributed by atoms with van der Waals surface area (Å²) >= 11 is 0.612. The Morgan fingerprint density at radius 2 is 1.81 bits per heavy atom. The summed E-state index contributed by atoms with van der Waals surface area (Å²) in [5.41, 5.74) is 2.43. The van der Waals surface area contributed by atoms with Gasteiger partial charge in [-0.1, -0.05) is 54.5 Å².